The van der Waals surface area contributed by atoms with E-state index in [4.69, 9.17) is 0 Å². The molecule has 106 valence electrons. The molecule has 1 aromatic carbocycles. The molecule has 0 bridgehead atoms. The zero-order chi connectivity index (χ0) is 14.0. The van der Waals surface area contributed by atoms with Crippen molar-refractivity contribution in [2.24, 2.45) is 17.8 Å². The van der Waals surface area contributed by atoms with Gasteiger partial charge in [-0.1, -0.05) is 31.5 Å². The number of hydrogen-bond donors (Lipinski definition) is 1. The topological polar surface area (TPSA) is 12.0 Å². The van der Waals surface area contributed by atoms with E-state index < -0.39 is 0 Å². The molecule has 0 radical (unpaired) electrons. The lowest BCUT2D eigenvalue weighted by Gasteiger charge is -2.36. The number of hydrogen-bond acceptors (Lipinski definition) is 1. The third-order valence-electron chi connectivity index (χ3n) is 4.48. The van der Waals surface area contributed by atoms with E-state index in [-0.39, 0.29) is 11.9 Å². The average molecular weight is 263 g/mol. The molecular weight excluding hydrogens is 237 g/mol. The molecule has 3 atom stereocenters. The van der Waals surface area contributed by atoms with Crippen LogP contribution in [0.3, 0.4) is 0 Å². The van der Waals surface area contributed by atoms with Crippen molar-refractivity contribution in [3.8, 4) is 0 Å². The van der Waals surface area contributed by atoms with Gasteiger partial charge in [-0.25, -0.2) is 4.39 Å². The second-order valence-electron chi connectivity index (χ2n) is 6.47. The lowest BCUT2D eigenvalue weighted by Crippen LogP contribution is -2.32. The molecule has 0 aliphatic heterocycles. The number of benzene rings is 1. The van der Waals surface area contributed by atoms with E-state index in [2.05, 4.69) is 19.2 Å². The Labute approximate surface area is 116 Å². The van der Waals surface area contributed by atoms with E-state index in [0.717, 1.165) is 23.0 Å². The van der Waals surface area contributed by atoms with E-state index in [0.29, 0.717) is 5.92 Å². The molecule has 0 saturated heterocycles. The Balaban J connectivity index is 2.26. The molecule has 1 aliphatic rings. The number of rotatable bonds is 3. The minimum Gasteiger partial charge on any atom is -0.313 e. The molecule has 0 heterocycles. The van der Waals surface area contributed by atoms with E-state index >= 15 is 0 Å². The number of aryl methyl sites for hydroxylation is 1. The predicted octanol–water partition coefficient (Wildman–Crippen LogP) is 4.47. The van der Waals surface area contributed by atoms with Crippen LogP contribution < -0.4 is 5.32 Å². The van der Waals surface area contributed by atoms with Crippen molar-refractivity contribution in [3.05, 3.63) is 35.1 Å². The van der Waals surface area contributed by atoms with Gasteiger partial charge in [-0.15, -0.1) is 0 Å². The van der Waals surface area contributed by atoms with E-state index in [1.807, 2.05) is 26.1 Å². The van der Waals surface area contributed by atoms with Crippen LogP contribution in [0.1, 0.15) is 50.3 Å². The maximum Gasteiger partial charge on any atom is 0.128 e. The zero-order valence-corrected chi connectivity index (χ0v) is 12.5. The van der Waals surface area contributed by atoms with Gasteiger partial charge in [0.05, 0.1) is 0 Å². The maximum absolute atomic E-state index is 14.1. The summed E-state index contributed by atoms with van der Waals surface area (Å²) >= 11 is 0. The second-order valence-corrected chi connectivity index (χ2v) is 6.47. The third kappa shape index (κ3) is 3.36. The molecule has 2 rings (SSSR count). The van der Waals surface area contributed by atoms with Crippen LogP contribution in [0, 0.1) is 30.5 Å². The Morgan fingerprint density at radius 2 is 1.79 bits per heavy atom. The summed E-state index contributed by atoms with van der Waals surface area (Å²) in [7, 11) is 1.95. The van der Waals surface area contributed by atoms with E-state index in [9.17, 15) is 4.39 Å². The average Bonchev–Trinajstić information content (AvgIpc) is 2.33. The summed E-state index contributed by atoms with van der Waals surface area (Å²) in [5.41, 5.74) is 1.97. The van der Waals surface area contributed by atoms with Gasteiger partial charge in [-0.3, -0.25) is 0 Å². The molecule has 1 fully saturated rings. The minimum atomic E-state index is -0.0733. The Hall–Kier alpha value is -0.890. The molecule has 0 spiro atoms. The summed E-state index contributed by atoms with van der Waals surface area (Å²) in [5, 5.41) is 3.36. The molecule has 2 heteroatoms. The molecule has 1 aliphatic carbocycles. The Kier molecular flexibility index (Phi) is 4.62. The summed E-state index contributed by atoms with van der Waals surface area (Å²) in [6.07, 6.45) is 3.70. The summed E-state index contributed by atoms with van der Waals surface area (Å²) in [4.78, 5) is 0. The number of nitrogens with one attached hydrogen (secondary N) is 1. The van der Waals surface area contributed by atoms with Crippen molar-refractivity contribution in [1.29, 1.82) is 0 Å². The molecule has 1 N–H and O–H groups in total. The van der Waals surface area contributed by atoms with Crippen molar-refractivity contribution >= 4 is 0 Å². The maximum atomic E-state index is 14.1. The highest BCUT2D eigenvalue weighted by Crippen LogP contribution is 2.40. The van der Waals surface area contributed by atoms with Crippen molar-refractivity contribution in [1.82, 2.24) is 5.32 Å². The number of halogens is 1. The smallest absolute Gasteiger partial charge is 0.128 e. The van der Waals surface area contributed by atoms with Gasteiger partial charge in [0.25, 0.3) is 0 Å². The van der Waals surface area contributed by atoms with Crippen molar-refractivity contribution in [2.45, 2.75) is 46.1 Å². The molecule has 1 aromatic rings. The van der Waals surface area contributed by atoms with Gasteiger partial charge < -0.3 is 5.32 Å². The molecule has 3 unspecified atom stereocenters. The van der Waals surface area contributed by atoms with Crippen molar-refractivity contribution < 1.29 is 4.39 Å². The first-order valence-electron chi connectivity index (χ1n) is 7.44. The van der Waals surface area contributed by atoms with Crippen LogP contribution in [-0.2, 0) is 0 Å². The van der Waals surface area contributed by atoms with Crippen molar-refractivity contribution in [2.75, 3.05) is 7.05 Å². The van der Waals surface area contributed by atoms with Crippen LogP contribution in [0.5, 0.6) is 0 Å². The molecule has 0 amide bonds. The van der Waals surface area contributed by atoms with Crippen LogP contribution in [0.4, 0.5) is 4.39 Å². The van der Waals surface area contributed by atoms with Crippen LogP contribution in [0.15, 0.2) is 18.2 Å². The molecule has 1 saturated carbocycles. The lowest BCUT2D eigenvalue weighted by atomic mass is 9.72. The zero-order valence-electron chi connectivity index (χ0n) is 12.5. The molecule has 19 heavy (non-hydrogen) atoms. The van der Waals surface area contributed by atoms with Crippen LogP contribution >= 0.6 is 0 Å². The minimum absolute atomic E-state index is 0.0733. The standard InChI is InChI=1S/C17H26FN/c1-11-5-6-16(18)15(10-11)17(19-4)14-8-12(2)7-13(3)9-14/h5-6,10,12-14,17,19H,7-9H2,1-4H3. The first-order valence-corrected chi connectivity index (χ1v) is 7.44. The normalized spacial score (nSPS) is 29.2. The lowest BCUT2D eigenvalue weighted by molar-refractivity contribution is 0.178. The quantitative estimate of drug-likeness (QED) is 0.848. The fourth-order valence-electron chi connectivity index (χ4n) is 3.83. The summed E-state index contributed by atoms with van der Waals surface area (Å²) in [6.45, 7) is 6.67. The molecule has 1 nitrogen and oxygen atoms in total. The first kappa shape index (κ1) is 14.5. The van der Waals surface area contributed by atoms with Crippen LogP contribution in [0.2, 0.25) is 0 Å². The predicted molar refractivity (Wildman–Crippen MR) is 78.6 cm³/mol. The fourth-order valence-corrected chi connectivity index (χ4v) is 3.83. The van der Waals surface area contributed by atoms with Gasteiger partial charge >= 0.3 is 0 Å². The Morgan fingerprint density at radius 3 is 2.37 bits per heavy atom. The molecule has 0 aromatic heterocycles. The van der Waals surface area contributed by atoms with Crippen LogP contribution in [-0.4, -0.2) is 7.05 Å². The van der Waals surface area contributed by atoms with Gasteiger partial charge in [-0.05, 0) is 57.1 Å². The fraction of sp³-hybridized carbons (Fsp3) is 0.647. The summed E-state index contributed by atoms with van der Waals surface area (Å²) < 4.78 is 14.1. The summed E-state index contributed by atoms with van der Waals surface area (Å²) in [5.74, 6) is 1.96. The second kappa shape index (κ2) is 6.04. The highest BCUT2D eigenvalue weighted by molar-refractivity contribution is 5.27. The SMILES string of the molecule is CNC(c1cc(C)ccc1F)C1CC(C)CC(C)C1. The highest BCUT2D eigenvalue weighted by Gasteiger charge is 2.31. The third-order valence-corrected chi connectivity index (χ3v) is 4.48. The monoisotopic (exact) mass is 263 g/mol. The van der Waals surface area contributed by atoms with Gasteiger partial charge in [0.1, 0.15) is 5.82 Å². The first-order chi connectivity index (χ1) is 9.01. The van der Waals surface area contributed by atoms with Gasteiger partial charge in [0.2, 0.25) is 0 Å². The van der Waals surface area contributed by atoms with Crippen molar-refractivity contribution in [3.63, 3.8) is 0 Å². The molecular formula is C17H26FN. The van der Waals surface area contributed by atoms with Gasteiger partial charge in [0, 0.05) is 11.6 Å². The van der Waals surface area contributed by atoms with Crippen LogP contribution in [0.25, 0.3) is 0 Å². The van der Waals surface area contributed by atoms with Gasteiger partial charge in [-0.2, -0.15) is 0 Å². The van der Waals surface area contributed by atoms with E-state index in [1.165, 1.54) is 19.3 Å². The largest absolute Gasteiger partial charge is 0.313 e. The summed E-state index contributed by atoms with van der Waals surface area (Å²) in [6, 6.07) is 5.59. The Morgan fingerprint density at radius 1 is 1.16 bits per heavy atom. The Bertz CT molecular complexity index is 419. The van der Waals surface area contributed by atoms with E-state index in [1.54, 1.807) is 6.07 Å². The highest BCUT2D eigenvalue weighted by atomic mass is 19.1. The van der Waals surface area contributed by atoms with Gasteiger partial charge in [0.15, 0.2) is 0 Å².